The second kappa shape index (κ2) is 16.6. The highest BCUT2D eigenvalue weighted by Crippen LogP contribution is 2.36. The first-order valence-electron chi connectivity index (χ1n) is 17.7. The van der Waals surface area contributed by atoms with Crippen molar-refractivity contribution < 1.29 is 37.8 Å². The van der Waals surface area contributed by atoms with Crippen LogP contribution in [-0.2, 0) is 42.1 Å². The topological polar surface area (TPSA) is 171 Å². The molecule has 54 heavy (non-hydrogen) atoms. The standard InChI is InChI=1S/C41H39N3O8S2/c1-2-22-44(31-20-21-34(41(49)50)42-25-31)54(51,52)32-7-5-6-29(23-32)35(45)24-37-38(33-8-3-4-9-36(33)53-37)39(46)43-30-18-14-27(15-19-30)11-10-26-12-16-28(17-13-26)40(47)48/h5-7,12-21,23,25H,2-4,8-11,22,24H2,1H3,(H,43,46)(H,47,48)(H,49,50). The van der Waals surface area contributed by atoms with Gasteiger partial charge in [-0.25, -0.2) is 23.0 Å². The Bertz CT molecular complexity index is 2300. The van der Waals surface area contributed by atoms with Crippen molar-refractivity contribution in [2.45, 2.75) is 63.2 Å². The first kappa shape index (κ1) is 38.1. The van der Waals surface area contributed by atoms with Crippen LogP contribution in [0.2, 0.25) is 0 Å². The normalized spacial score (nSPS) is 12.5. The predicted octanol–water partition coefficient (Wildman–Crippen LogP) is 7.49. The molecule has 13 heteroatoms. The third-order valence-corrected chi connectivity index (χ3v) is 12.4. The second-order valence-electron chi connectivity index (χ2n) is 13.1. The van der Waals surface area contributed by atoms with E-state index in [2.05, 4.69) is 10.3 Å². The van der Waals surface area contributed by atoms with Crippen molar-refractivity contribution >= 4 is 56.4 Å². The van der Waals surface area contributed by atoms with Crippen molar-refractivity contribution in [3.05, 3.63) is 140 Å². The number of anilines is 2. The van der Waals surface area contributed by atoms with Gasteiger partial charge >= 0.3 is 11.9 Å². The number of ketones is 1. The number of sulfonamides is 1. The first-order chi connectivity index (χ1) is 25.9. The Kier molecular flexibility index (Phi) is 11.7. The summed E-state index contributed by atoms with van der Waals surface area (Å²) < 4.78 is 28.9. The Labute approximate surface area is 317 Å². The number of carbonyl (C=O) groups excluding carboxylic acids is 2. The summed E-state index contributed by atoms with van der Waals surface area (Å²) in [4.78, 5) is 55.7. The molecule has 0 saturated carbocycles. The monoisotopic (exact) mass is 765 g/mol. The molecule has 278 valence electrons. The molecule has 3 N–H and O–H groups in total. The summed E-state index contributed by atoms with van der Waals surface area (Å²) in [7, 11) is -4.15. The molecule has 0 radical (unpaired) electrons. The van der Waals surface area contributed by atoms with Crippen molar-refractivity contribution in [3.63, 3.8) is 0 Å². The lowest BCUT2D eigenvalue weighted by atomic mass is 9.93. The van der Waals surface area contributed by atoms with Crippen LogP contribution < -0.4 is 9.62 Å². The van der Waals surface area contributed by atoms with Crippen LogP contribution in [0.25, 0.3) is 0 Å². The number of hydrogen-bond acceptors (Lipinski definition) is 8. The third kappa shape index (κ3) is 8.58. The number of nitrogens with one attached hydrogen (secondary N) is 1. The number of Topliss-reactive ketones (excluding diaryl/α,β-unsaturated/α-hetero) is 1. The molecule has 0 spiro atoms. The molecule has 2 heterocycles. The lowest BCUT2D eigenvalue weighted by molar-refractivity contribution is 0.0682. The zero-order valence-electron chi connectivity index (χ0n) is 29.6. The van der Waals surface area contributed by atoms with Gasteiger partial charge in [0.15, 0.2) is 5.78 Å². The van der Waals surface area contributed by atoms with Gasteiger partial charge in [0, 0.05) is 34.0 Å². The van der Waals surface area contributed by atoms with E-state index in [0.29, 0.717) is 22.5 Å². The highest BCUT2D eigenvalue weighted by molar-refractivity contribution is 7.92. The fourth-order valence-corrected chi connectivity index (χ4v) is 9.50. The third-order valence-electron chi connectivity index (χ3n) is 9.33. The van der Waals surface area contributed by atoms with Gasteiger partial charge < -0.3 is 15.5 Å². The molecule has 0 unspecified atom stereocenters. The van der Waals surface area contributed by atoms with E-state index in [-0.39, 0.29) is 52.1 Å². The van der Waals surface area contributed by atoms with Crippen molar-refractivity contribution in [1.82, 2.24) is 4.98 Å². The molecule has 6 rings (SSSR count). The Balaban J connectivity index is 1.18. The molecule has 1 aliphatic rings. The van der Waals surface area contributed by atoms with Crippen molar-refractivity contribution in [1.29, 1.82) is 0 Å². The molecule has 0 bridgehead atoms. The number of carboxylic acids is 2. The molecular weight excluding hydrogens is 727 g/mol. The molecule has 5 aromatic rings. The summed E-state index contributed by atoms with van der Waals surface area (Å²) in [5, 5.41) is 21.4. The number of hydrogen-bond donors (Lipinski definition) is 3. The molecule has 0 atom stereocenters. The van der Waals surface area contributed by atoms with Crippen LogP contribution in [-0.4, -0.2) is 53.8 Å². The molecule has 1 amide bonds. The van der Waals surface area contributed by atoms with E-state index in [1.165, 1.54) is 47.9 Å². The predicted molar refractivity (Wildman–Crippen MR) is 207 cm³/mol. The summed E-state index contributed by atoms with van der Waals surface area (Å²) in [5.74, 6) is -2.80. The van der Waals surface area contributed by atoms with Gasteiger partial charge in [0.25, 0.3) is 15.9 Å². The first-order valence-corrected chi connectivity index (χ1v) is 19.9. The summed E-state index contributed by atoms with van der Waals surface area (Å²) in [6.07, 6.45) is 6.57. The van der Waals surface area contributed by atoms with Gasteiger partial charge in [-0.1, -0.05) is 43.3 Å². The molecular formula is C41H39N3O8S2. The number of rotatable bonds is 15. The van der Waals surface area contributed by atoms with Gasteiger partial charge in [0.2, 0.25) is 0 Å². The summed E-state index contributed by atoms with van der Waals surface area (Å²) in [6, 6.07) is 22.9. The average molecular weight is 766 g/mol. The number of pyridine rings is 1. The minimum Gasteiger partial charge on any atom is -0.478 e. The lowest BCUT2D eigenvalue weighted by Crippen LogP contribution is -2.32. The minimum absolute atomic E-state index is 0.0739. The summed E-state index contributed by atoms with van der Waals surface area (Å²) in [5.41, 5.74) is 4.60. The quantitative estimate of drug-likeness (QED) is 0.0914. The van der Waals surface area contributed by atoms with E-state index in [0.717, 1.165) is 64.4 Å². The zero-order chi connectivity index (χ0) is 38.4. The Morgan fingerprint density at radius 3 is 2.15 bits per heavy atom. The van der Waals surface area contributed by atoms with E-state index in [9.17, 15) is 32.7 Å². The number of fused-ring (bicyclic) bond motifs is 1. The van der Waals surface area contributed by atoms with E-state index < -0.39 is 22.0 Å². The maximum Gasteiger partial charge on any atom is 0.354 e. The van der Waals surface area contributed by atoms with Crippen LogP contribution >= 0.6 is 11.3 Å². The fourth-order valence-electron chi connectivity index (χ4n) is 6.52. The van der Waals surface area contributed by atoms with E-state index in [4.69, 9.17) is 5.11 Å². The smallest absolute Gasteiger partial charge is 0.354 e. The fraction of sp³-hybridized carbons (Fsp3) is 0.244. The Morgan fingerprint density at radius 1 is 0.833 bits per heavy atom. The van der Waals surface area contributed by atoms with Gasteiger partial charge in [0.1, 0.15) is 5.69 Å². The van der Waals surface area contributed by atoms with Crippen LogP contribution in [0.5, 0.6) is 0 Å². The lowest BCUT2D eigenvalue weighted by Gasteiger charge is -2.24. The highest BCUT2D eigenvalue weighted by Gasteiger charge is 2.29. The molecule has 1 aliphatic carbocycles. The van der Waals surface area contributed by atoms with Crippen LogP contribution in [0.1, 0.15) is 94.2 Å². The number of nitrogens with zero attached hydrogens (tertiary/aromatic N) is 2. The molecule has 3 aromatic carbocycles. The van der Waals surface area contributed by atoms with Crippen molar-refractivity contribution in [3.8, 4) is 0 Å². The van der Waals surface area contributed by atoms with Crippen LogP contribution in [0, 0.1) is 0 Å². The maximum absolute atomic E-state index is 13.9. The summed E-state index contributed by atoms with van der Waals surface area (Å²) >= 11 is 1.47. The minimum atomic E-state index is -4.15. The number of amides is 1. The average Bonchev–Trinajstić information content (AvgIpc) is 3.54. The highest BCUT2D eigenvalue weighted by atomic mass is 32.2. The van der Waals surface area contributed by atoms with Crippen LogP contribution in [0.15, 0.2) is 96.0 Å². The number of benzene rings is 3. The van der Waals surface area contributed by atoms with Gasteiger partial charge in [0.05, 0.1) is 27.9 Å². The second-order valence-corrected chi connectivity index (χ2v) is 16.1. The number of carbonyl (C=O) groups is 4. The molecule has 0 saturated heterocycles. The van der Waals surface area contributed by atoms with Crippen molar-refractivity contribution in [2.24, 2.45) is 0 Å². The van der Waals surface area contributed by atoms with E-state index >= 15 is 0 Å². The summed E-state index contributed by atoms with van der Waals surface area (Å²) in [6.45, 7) is 1.93. The van der Waals surface area contributed by atoms with E-state index in [1.54, 1.807) is 18.2 Å². The number of aromatic carboxylic acids is 2. The largest absolute Gasteiger partial charge is 0.478 e. The van der Waals surface area contributed by atoms with Gasteiger partial charge in [-0.3, -0.25) is 13.9 Å². The maximum atomic E-state index is 13.9. The van der Waals surface area contributed by atoms with Crippen LogP contribution in [0.3, 0.4) is 0 Å². The number of thiophene rings is 1. The number of aromatic nitrogens is 1. The van der Waals surface area contributed by atoms with Crippen LogP contribution in [0.4, 0.5) is 11.4 Å². The molecule has 11 nitrogen and oxygen atoms in total. The number of carboxylic acid groups (broad SMARTS) is 2. The Morgan fingerprint density at radius 2 is 1.52 bits per heavy atom. The molecule has 2 aromatic heterocycles. The van der Waals surface area contributed by atoms with Gasteiger partial charge in [-0.15, -0.1) is 11.3 Å². The SMILES string of the molecule is CCCN(c1ccc(C(=O)O)nc1)S(=O)(=O)c1cccc(C(=O)Cc2sc3c(c2C(=O)Nc2ccc(CCc4ccc(C(=O)O)cc4)cc2)CCCC3)c1. The molecule has 0 aliphatic heterocycles. The molecule has 0 fully saturated rings. The number of aryl methyl sites for hydroxylation is 3. The Hall–Kier alpha value is -5.66. The van der Waals surface area contributed by atoms with Gasteiger partial charge in [-0.2, -0.15) is 0 Å². The van der Waals surface area contributed by atoms with E-state index in [1.807, 2.05) is 43.3 Å². The van der Waals surface area contributed by atoms with Gasteiger partial charge in [-0.05, 0) is 110 Å². The zero-order valence-corrected chi connectivity index (χ0v) is 31.2. The van der Waals surface area contributed by atoms with Crippen molar-refractivity contribution in [2.75, 3.05) is 16.2 Å².